The van der Waals surface area contributed by atoms with Crippen molar-refractivity contribution in [3.8, 4) is 0 Å². The molecule has 0 bridgehead atoms. The predicted octanol–water partition coefficient (Wildman–Crippen LogP) is 1.39. The molecule has 2 rings (SSSR count). The Morgan fingerprint density at radius 2 is 2.25 bits per heavy atom. The Kier molecular flexibility index (Phi) is 3.24. The summed E-state index contributed by atoms with van der Waals surface area (Å²) in [6.45, 7) is 5.59. The maximum absolute atomic E-state index is 5.33. The molecule has 0 amide bonds. The fraction of sp³-hybridized carbons (Fsp3) is 0.636. The van der Waals surface area contributed by atoms with Crippen LogP contribution < -0.4 is 16.2 Å². The summed E-state index contributed by atoms with van der Waals surface area (Å²) in [5.74, 6) is 7.66. The van der Waals surface area contributed by atoms with Gasteiger partial charge in [-0.15, -0.1) is 0 Å². The molecule has 1 aliphatic heterocycles. The van der Waals surface area contributed by atoms with Crippen LogP contribution in [-0.2, 0) is 0 Å². The van der Waals surface area contributed by atoms with Crippen molar-refractivity contribution in [2.75, 3.05) is 16.9 Å². The molecule has 0 saturated carbocycles. The van der Waals surface area contributed by atoms with E-state index in [1.807, 2.05) is 0 Å². The van der Waals surface area contributed by atoms with E-state index in [0.717, 1.165) is 18.3 Å². The van der Waals surface area contributed by atoms with Crippen molar-refractivity contribution in [3.63, 3.8) is 0 Å². The van der Waals surface area contributed by atoms with E-state index in [4.69, 9.17) is 5.84 Å². The van der Waals surface area contributed by atoms with E-state index >= 15 is 0 Å². The van der Waals surface area contributed by atoms with Gasteiger partial charge in [0.25, 0.3) is 0 Å². The molecule has 2 unspecified atom stereocenters. The Hall–Kier alpha value is -1.36. The minimum Gasteiger partial charge on any atom is -0.353 e. The number of aromatic nitrogens is 2. The number of piperidine rings is 1. The van der Waals surface area contributed by atoms with E-state index in [1.54, 1.807) is 12.4 Å². The summed E-state index contributed by atoms with van der Waals surface area (Å²) in [5, 5.41) is 0. The van der Waals surface area contributed by atoms with E-state index in [0.29, 0.717) is 11.9 Å². The van der Waals surface area contributed by atoms with Crippen LogP contribution in [0.25, 0.3) is 0 Å². The maximum atomic E-state index is 5.33. The highest BCUT2D eigenvalue weighted by Crippen LogP contribution is 2.26. The van der Waals surface area contributed by atoms with Gasteiger partial charge in [-0.25, -0.2) is 10.8 Å². The fourth-order valence-electron chi connectivity index (χ4n) is 2.31. The molecule has 0 spiro atoms. The number of anilines is 2. The molecule has 88 valence electrons. The lowest BCUT2D eigenvalue weighted by Gasteiger charge is -2.37. The van der Waals surface area contributed by atoms with Crippen molar-refractivity contribution >= 4 is 11.6 Å². The Morgan fingerprint density at radius 1 is 1.44 bits per heavy atom. The first-order valence-electron chi connectivity index (χ1n) is 5.76. The van der Waals surface area contributed by atoms with Crippen LogP contribution in [0.5, 0.6) is 0 Å². The lowest BCUT2D eigenvalue weighted by atomic mass is 9.93. The number of hydrogen-bond donors (Lipinski definition) is 2. The van der Waals surface area contributed by atoms with Crippen LogP contribution in [0.3, 0.4) is 0 Å². The molecule has 5 nitrogen and oxygen atoms in total. The van der Waals surface area contributed by atoms with E-state index in [-0.39, 0.29) is 0 Å². The van der Waals surface area contributed by atoms with Crippen LogP contribution in [0.1, 0.15) is 26.7 Å². The van der Waals surface area contributed by atoms with Gasteiger partial charge in [-0.2, -0.15) is 0 Å². The van der Waals surface area contributed by atoms with Crippen molar-refractivity contribution in [2.45, 2.75) is 32.7 Å². The summed E-state index contributed by atoms with van der Waals surface area (Å²) in [6, 6.07) is 0.520. The van der Waals surface area contributed by atoms with Crippen LogP contribution in [0.4, 0.5) is 11.6 Å². The van der Waals surface area contributed by atoms with Gasteiger partial charge in [-0.1, -0.05) is 6.92 Å². The number of nitrogens with two attached hydrogens (primary N) is 1. The second-order valence-corrected chi connectivity index (χ2v) is 4.58. The molecule has 0 aromatic carbocycles. The third kappa shape index (κ3) is 2.24. The fourth-order valence-corrected chi connectivity index (χ4v) is 2.31. The van der Waals surface area contributed by atoms with Gasteiger partial charge in [0.05, 0.1) is 12.4 Å². The number of hydrazine groups is 1. The molecule has 1 saturated heterocycles. The smallest absolute Gasteiger partial charge is 0.160 e. The second-order valence-electron chi connectivity index (χ2n) is 4.58. The first kappa shape index (κ1) is 11.1. The Morgan fingerprint density at radius 3 is 2.94 bits per heavy atom. The van der Waals surface area contributed by atoms with Crippen molar-refractivity contribution in [1.82, 2.24) is 9.97 Å². The Labute approximate surface area is 96.0 Å². The molecule has 1 fully saturated rings. The van der Waals surface area contributed by atoms with Crippen LogP contribution >= 0.6 is 0 Å². The molecule has 2 atom stereocenters. The van der Waals surface area contributed by atoms with Crippen molar-refractivity contribution in [2.24, 2.45) is 11.8 Å². The van der Waals surface area contributed by atoms with E-state index in [1.165, 1.54) is 12.8 Å². The SMILES string of the molecule is CC1CCN(c2cncc(NN)n2)C(C)C1. The Bertz CT molecular complexity index is 354. The quantitative estimate of drug-likeness (QED) is 0.583. The summed E-state index contributed by atoms with van der Waals surface area (Å²) in [5.41, 5.74) is 2.53. The maximum Gasteiger partial charge on any atom is 0.160 e. The van der Waals surface area contributed by atoms with E-state index in [9.17, 15) is 0 Å². The summed E-state index contributed by atoms with van der Waals surface area (Å²) < 4.78 is 0. The average molecular weight is 221 g/mol. The molecular formula is C11H19N5. The van der Waals surface area contributed by atoms with Crippen molar-refractivity contribution in [1.29, 1.82) is 0 Å². The highest BCUT2D eigenvalue weighted by Gasteiger charge is 2.24. The summed E-state index contributed by atoms with van der Waals surface area (Å²) in [7, 11) is 0. The zero-order chi connectivity index (χ0) is 11.5. The minimum absolute atomic E-state index is 0.520. The van der Waals surface area contributed by atoms with E-state index in [2.05, 4.69) is 34.1 Å². The Balaban J connectivity index is 2.16. The molecule has 1 aliphatic rings. The molecule has 3 N–H and O–H groups in total. The first-order valence-corrected chi connectivity index (χ1v) is 5.76. The first-order chi connectivity index (χ1) is 7.70. The van der Waals surface area contributed by atoms with Gasteiger partial charge in [0.15, 0.2) is 5.82 Å². The lowest BCUT2D eigenvalue weighted by Crippen LogP contribution is -2.40. The van der Waals surface area contributed by atoms with Gasteiger partial charge < -0.3 is 10.3 Å². The molecule has 0 radical (unpaired) electrons. The van der Waals surface area contributed by atoms with Crippen molar-refractivity contribution < 1.29 is 0 Å². The minimum atomic E-state index is 0.520. The van der Waals surface area contributed by atoms with Gasteiger partial charge in [0.2, 0.25) is 0 Å². The summed E-state index contributed by atoms with van der Waals surface area (Å²) >= 11 is 0. The second kappa shape index (κ2) is 4.65. The van der Waals surface area contributed by atoms with Crippen molar-refractivity contribution in [3.05, 3.63) is 12.4 Å². The highest BCUT2D eigenvalue weighted by molar-refractivity contribution is 5.44. The van der Waals surface area contributed by atoms with E-state index < -0.39 is 0 Å². The average Bonchev–Trinajstić information content (AvgIpc) is 2.29. The van der Waals surface area contributed by atoms with Crippen LogP contribution in [-0.4, -0.2) is 22.6 Å². The highest BCUT2D eigenvalue weighted by atomic mass is 15.3. The number of rotatable bonds is 2. The normalized spacial score (nSPS) is 25.6. The standard InChI is InChI=1S/C11H19N5/c1-8-3-4-16(9(2)5-8)11-7-13-6-10(14-11)15-12/h6-9H,3-5,12H2,1-2H3,(H,14,15). The molecule has 0 aliphatic carbocycles. The third-order valence-corrected chi connectivity index (χ3v) is 3.20. The molecule has 16 heavy (non-hydrogen) atoms. The van der Waals surface area contributed by atoms with Gasteiger partial charge in [0, 0.05) is 12.6 Å². The van der Waals surface area contributed by atoms with Crippen LogP contribution in [0.15, 0.2) is 12.4 Å². The van der Waals surface area contributed by atoms with Gasteiger partial charge in [-0.05, 0) is 25.7 Å². The van der Waals surface area contributed by atoms with Gasteiger partial charge in [0.1, 0.15) is 5.82 Å². The van der Waals surface area contributed by atoms with Crippen LogP contribution in [0.2, 0.25) is 0 Å². The van der Waals surface area contributed by atoms with Crippen LogP contribution in [0, 0.1) is 5.92 Å². The predicted molar refractivity (Wildman–Crippen MR) is 65.0 cm³/mol. The van der Waals surface area contributed by atoms with Gasteiger partial charge >= 0.3 is 0 Å². The molecular weight excluding hydrogens is 202 g/mol. The van der Waals surface area contributed by atoms with Gasteiger partial charge in [-0.3, -0.25) is 4.98 Å². The summed E-state index contributed by atoms with van der Waals surface area (Å²) in [6.07, 6.45) is 5.85. The molecule has 1 aromatic heterocycles. The molecule has 1 aromatic rings. The zero-order valence-electron chi connectivity index (χ0n) is 9.85. The number of hydrogen-bond acceptors (Lipinski definition) is 5. The largest absolute Gasteiger partial charge is 0.353 e. The monoisotopic (exact) mass is 221 g/mol. The number of nitrogens with one attached hydrogen (secondary N) is 1. The molecule has 5 heteroatoms. The summed E-state index contributed by atoms with van der Waals surface area (Å²) in [4.78, 5) is 10.9. The zero-order valence-corrected chi connectivity index (χ0v) is 9.85. The molecule has 2 heterocycles. The number of nitrogen functional groups attached to an aromatic ring is 1. The third-order valence-electron chi connectivity index (χ3n) is 3.20. The number of nitrogens with zero attached hydrogens (tertiary/aromatic N) is 3. The lowest BCUT2D eigenvalue weighted by molar-refractivity contribution is 0.376. The topological polar surface area (TPSA) is 67.1 Å².